The highest BCUT2D eigenvalue weighted by Crippen LogP contribution is 2.35. The van der Waals surface area contributed by atoms with Gasteiger partial charge in [0.1, 0.15) is 13.2 Å². The lowest BCUT2D eigenvalue weighted by molar-refractivity contribution is -0.117. The van der Waals surface area contributed by atoms with E-state index in [-0.39, 0.29) is 24.8 Å². The molecule has 0 saturated carbocycles. The van der Waals surface area contributed by atoms with Crippen molar-refractivity contribution in [2.45, 2.75) is 32.6 Å². The topological polar surface area (TPSA) is 105 Å². The van der Waals surface area contributed by atoms with E-state index >= 15 is 0 Å². The molecule has 1 fully saturated rings. The highest BCUT2D eigenvalue weighted by Gasteiger charge is 2.24. The number of ether oxygens (including phenoxy) is 2. The fourth-order valence-electron chi connectivity index (χ4n) is 4.16. The Labute approximate surface area is 199 Å². The Morgan fingerprint density at radius 2 is 1.88 bits per heavy atom. The average Bonchev–Trinajstić information content (AvgIpc) is 3.22. The summed E-state index contributed by atoms with van der Waals surface area (Å²) in [7, 11) is -3.56. The molecule has 0 aromatic heterocycles. The second-order valence-corrected chi connectivity index (χ2v) is 10.4. The molecule has 0 radical (unpaired) electrons. The molecule has 2 aliphatic heterocycles. The second-order valence-electron chi connectivity index (χ2n) is 8.47. The van der Waals surface area contributed by atoms with Gasteiger partial charge in [-0.1, -0.05) is 6.07 Å². The van der Waals surface area contributed by atoms with E-state index in [9.17, 15) is 18.0 Å². The van der Waals surface area contributed by atoms with Crippen molar-refractivity contribution >= 4 is 38.9 Å². The van der Waals surface area contributed by atoms with Gasteiger partial charge in [0.2, 0.25) is 21.8 Å². The molecule has 182 valence electrons. The lowest BCUT2D eigenvalue weighted by atomic mass is 10.1. The van der Waals surface area contributed by atoms with Crippen LogP contribution in [0.1, 0.15) is 31.2 Å². The maximum absolute atomic E-state index is 12.6. The predicted octanol–water partition coefficient (Wildman–Crippen LogP) is 3.08. The van der Waals surface area contributed by atoms with Gasteiger partial charge in [0.15, 0.2) is 11.5 Å². The molecule has 0 spiro atoms. The molecule has 2 aliphatic rings. The first kappa shape index (κ1) is 23.9. The third kappa shape index (κ3) is 5.44. The normalized spacial score (nSPS) is 15.4. The second kappa shape index (κ2) is 9.92. The van der Waals surface area contributed by atoms with Gasteiger partial charge in [-0.15, -0.1) is 0 Å². The zero-order chi connectivity index (χ0) is 24.3. The van der Waals surface area contributed by atoms with Crippen molar-refractivity contribution in [3.63, 3.8) is 0 Å². The van der Waals surface area contributed by atoms with Crippen LogP contribution >= 0.6 is 0 Å². The first-order valence-electron chi connectivity index (χ1n) is 11.3. The summed E-state index contributed by atoms with van der Waals surface area (Å²) in [6.45, 7) is 3.62. The summed E-state index contributed by atoms with van der Waals surface area (Å²) in [5.74, 6) is 0.947. The van der Waals surface area contributed by atoms with Crippen LogP contribution in [0.4, 0.5) is 17.1 Å². The number of carbonyl (C=O) groups excluding carboxylic acids is 2. The molecule has 34 heavy (non-hydrogen) atoms. The Hall–Kier alpha value is -3.27. The van der Waals surface area contributed by atoms with E-state index < -0.39 is 10.0 Å². The zero-order valence-corrected chi connectivity index (χ0v) is 20.2. The number of hydrogen-bond acceptors (Lipinski definition) is 6. The van der Waals surface area contributed by atoms with Crippen molar-refractivity contribution in [2.24, 2.45) is 0 Å². The Kier molecular flexibility index (Phi) is 6.97. The van der Waals surface area contributed by atoms with Crippen LogP contribution in [-0.4, -0.2) is 52.8 Å². The van der Waals surface area contributed by atoms with Crippen LogP contribution in [0.2, 0.25) is 0 Å². The van der Waals surface area contributed by atoms with E-state index in [2.05, 4.69) is 5.32 Å². The number of sulfonamides is 1. The number of rotatable bonds is 8. The molecule has 4 rings (SSSR count). The van der Waals surface area contributed by atoms with Crippen LogP contribution in [0.3, 0.4) is 0 Å². The summed E-state index contributed by atoms with van der Waals surface area (Å²) in [5.41, 5.74) is 2.85. The predicted molar refractivity (Wildman–Crippen MR) is 130 cm³/mol. The number of carbonyl (C=O) groups is 2. The smallest absolute Gasteiger partial charge is 0.232 e. The molecule has 9 nitrogen and oxygen atoms in total. The summed E-state index contributed by atoms with van der Waals surface area (Å²) in [4.78, 5) is 26.4. The van der Waals surface area contributed by atoms with Gasteiger partial charge < -0.3 is 19.7 Å². The van der Waals surface area contributed by atoms with Crippen LogP contribution in [-0.2, 0) is 19.6 Å². The van der Waals surface area contributed by atoms with Crippen LogP contribution in [0.5, 0.6) is 11.5 Å². The number of benzene rings is 2. The molecule has 1 N–H and O–H groups in total. The Balaban J connectivity index is 1.38. The van der Waals surface area contributed by atoms with Crippen molar-refractivity contribution in [1.82, 2.24) is 0 Å². The molecule has 2 amide bonds. The molecule has 0 aliphatic carbocycles. The van der Waals surface area contributed by atoms with Crippen molar-refractivity contribution in [2.75, 3.05) is 47.1 Å². The lowest BCUT2D eigenvalue weighted by Gasteiger charge is -2.25. The molecule has 0 bridgehead atoms. The molecule has 2 heterocycles. The summed E-state index contributed by atoms with van der Waals surface area (Å²) < 4.78 is 37.1. The van der Waals surface area contributed by atoms with Gasteiger partial charge in [0.25, 0.3) is 0 Å². The van der Waals surface area contributed by atoms with Crippen molar-refractivity contribution in [3.05, 3.63) is 42.0 Å². The highest BCUT2D eigenvalue weighted by molar-refractivity contribution is 7.92. The van der Waals surface area contributed by atoms with Crippen LogP contribution in [0.25, 0.3) is 0 Å². The molecule has 0 unspecified atom stereocenters. The van der Waals surface area contributed by atoms with Gasteiger partial charge in [0, 0.05) is 43.4 Å². The van der Waals surface area contributed by atoms with Gasteiger partial charge in [-0.3, -0.25) is 13.9 Å². The standard InChI is InChI=1S/C24H29N3O6S/c1-17-7-8-18(15-20(17)26-11-4-6-24(26)29)25-23(28)5-3-12-27(34(2,30)31)19-9-10-21-22(16-19)33-14-13-32-21/h7-10,15-16H,3-6,11-14H2,1-2H3,(H,25,28). The number of anilines is 3. The number of nitrogens with one attached hydrogen (secondary N) is 1. The van der Waals surface area contributed by atoms with Crippen molar-refractivity contribution < 1.29 is 27.5 Å². The van der Waals surface area contributed by atoms with Gasteiger partial charge in [-0.25, -0.2) is 8.42 Å². The number of aryl methyl sites for hydroxylation is 1. The molecule has 1 saturated heterocycles. The molecule has 2 aromatic rings. The lowest BCUT2D eigenvalue weighted by Crippen LogP contribution is -2.31. The average molecular weight is 488 g/mol. The van der Waals surface area contributed by atoms with Crippen LogP contribution in [0, 0.1) is 6.92 Å². The van der Waals surface area contributed by atoms with E-state index in [0.29, 0.717) is 55.5 Å². The van der Waals surface area contributed by atoms with E-state index in [1.165, 1.54) is 4.31 Å². The Bertz CT molecular complexity index is 1200. The van der Waals surface area contributed by atoms with E-state index in [0.717, 1.165) is 23.9 Å². The maximum Gasteiger partial charge on any atom is 0.232 e. The van der Waals surface area contributed by atoms with E-state index in [4.69, 9.17) is 9.47 Å². The largest absolute Gasteiger partial charge is 0.486 e. The Morgan fingerprint density at radius 1 is 1.12 bits per heavy atom. The summed E-state index contributed by atoms with van der Waals surface area (Å²) >= 11 is 0. The quantitative estimate of drug-likeness (QED) is 0.614. The fraction of sp³-hybridized carbons (Fsp3) is 0.417. The fourth-order valence-corrected chi connectivity index (χ4v) is 5.12. The minimum Gasteiger partial charge on any atom is -0.486 e. The molecular weight excluding hydrogens is 458 g/mol. The van der Waals surface area contributed by atoms with Crippen LogP contribution in [0.15, 0.2) is 36.4 Å². The van der Waals surface area contributed by atoms with Gasteiger partial charge >= 0.3 is 0 Å². The summed E-state index contributed by atoms with van der Waals surface area (Å²) in [6.07, 6.45) is 2.97. The van der Waals surface area contributed by atoms with Crippen molar-refractivity contribution in [3.8, 4) is 11.5 Å². The summed E-state index contributed by atoms with van der Waals surface area (Å²) in [6, 6.07) is 10.5. The number of nitrogens with zero attached hydrogens (tertiary/aromatic N) is 2. The SMILES string of the molecule is Cc1ccc(NC(=O)CCCN(c2ccc3c(c2)OCCO3)S(C)(=O)=O)cc1N1CCCC1=O. The van der Waals surface area contributed by atoms with Gasteiger partial charge in [-0.2, -0.15) is 0 Å². The number of amides is 2. The van der Waals surface area contributed by atoms with Gasteiger partial charge in [0.05, 0.1) is 11.9 Å². The first-order chi connectivity index (χ1) is 16.2. The zero-order valence-electron chi connectivity index (χ0n) is 19.4. The maximum atomic E-state index is 12.6. The molecular formula is C24H29N3O6S. The van der Waals surface area contributed by atoms with Crippen molar-refractivity contribution in [1.29, 1.82) is 0 Å². The minimum atomic E-state index is -3.56. The monoisotopic (exact) mass is 487 g/mol. The minimum absolute atomic E-state index is 0.0894. The number of fused-ring (bicyclic) bond motifs is 1. The molecule has 0 atom stereocenters. The van der Waals surface area contributed by atoms with E-state index in [1.807, 2.05) is 19.1 Å². The highest BCUT2D eigenvalue weighted by atomic mass is 32.2. The third-order valence-electron chi connectivity index (χ3n) is 5.84. The van der Waals surface area contributed by atoms with E-state index in [1.54, 1.807) is 29.2 Å². The summed E-state index contributed by atoms with van der Waals surface area (Å²) in [5, 5.41) is 2.86. The Morgan fingerprint density at radius 3 is 2.59 bits per heavy atom. The molecule has 2 aromatic carbocycles. The van der Waals surface area contributed by atoms with Crippen LogP contribution < -0.4 is 24.0 Å². The number of hydrogen-bond donors (Lipinski definition) is 1. The molecule has 10 heteroatoms. The third-order valence-corrected chi connectivity index (χ3v) is 7.03. The van der Waals surface area contributed by atoms with Gasteiger partial charge in [-0.05, 0) is 49.6 Å². The first-order valence-corrected chi connectivity index (χ1v) is 13.2.